The number of benzene rings is 1. The fourth-order valence-corrected chi connectivity index (χ4v) is 3.21. The molecule has 2 aliphatic rings. The van der Waals surface area contributed by atoms with Crippen LogP contribution in [-0.2, 0) is 6.54 Å². The molecule has 3 atom stereocenters. The summed E-state index contributed by atoms with van der Waals surface area (Å²) >= 11 is 0. The highest BCUT2D eigenvalue weighted by Gasteiger charge is 2.33. The molecule has 18 heavy (non-hydrogen) atoms. The minimum Gasteiger partial charge on any atom is -0.497 e. The molecule has 1 aromatic rings. The SMILES string of the molecule is COc1ccc(CNC2CCN3CCC2C3)cc1. The quantitative estimate of drug-likeness (QED) is 0.878. The molecule has 0 spiro atoms. The maximum Gasteiger partial charge on any atom is 0.118 e. The van der Waals surface area contributed by atoms with Crippen LogP contribution in [0.1, 0.15) is 18.4 Å². The number of methoxy groups -OCH3 is 1. The van der Waals surface area contributed by atoms with Crippen molar-refractivity contribution >= 4 is 0 Å². The smallest absolute Gasteiger partial charge is 0.118 e. The Morgan fingerprint density at radius 1 is 1.22 bits per heavy atom. The van der Waals surface area contributed by atoms with Crippen molar-refractivity contribution < 1.29 is 4.74 Å². The van der Waals surface area contributed by atoms with Gasteiger partial charge < -0.3 is 15.0 Å². The van der Waals surface area contributed by atoms with E-state index in [9.17, 15) is 0 Å². The molecule has 0 radical (unpaired) electrons. The summed E-state index contributed by atoms with van der Waals surface area (Å²) in [7, 11) is 1.71. The van der Waals surface area contributed by atoms with Crippen LogP contribution >= 0.6 is 0 Å². The van der Waals surface area contributed by atoms with Gasteiger partial charge in [-0.2, -0.15) is 0 Å². The van der Waals surface area contributed by atoms with Gasteiger partial charge in [0.15, 0.2) is 0 Å². The second-order valence-electron chi connectivity index (χ2n) is 5.47. The topological polar surface area (TPSA) is 24.5 Å². The lowest BCUT2D eigenvalue weighted by Crippen LogP contribution is -2.43. The lowest BCUT2D eigenvalue weighted by Gasteiger charge is -2.31. The first-order chi connectivity index (χ1) is 8.85. The molecule has 2 fully saturated rings. The lowest BCUT2D eigenvalue weighted by atomic mass is 9.94. The van der Waals surface area contributed by atoms with Gasteiger partial charge in [-0.25, -0.2) is 0 Å². The standard InChI is InChI=1S/C15H22N2O/c1-18-14-4-2-12(3-5-14)10-16-15-7-9-17-8-6-13(15)11-17/h2-5,13,15-16H,6-11H2,1H3. The zero-order valence-corrected chi connectivity index (χ0v) is 11.1. The fraction of sp³-hybridized carbons (Fsp3) is 0.600. The van der Waals surface area contributed by atoms with Gasteiger partial charge in [0, 0.05) is 19.1 Å². The highest BCUT2D eigenvalue weighted by Crippen LogP contribution is 2.27. The Bertz CT molecular complexity index is 390. The van der Waals surface area contributed by atoms with Crippen molar-refractivity contribution in [3.05, 3.63) is 29.8 Å². The molecule has 1 N–H and O–H groups in total. The molecule has 3 heteroatoms. The summed E-state index contributed by atoms with van der Waals surface area (Å²) in [6, 6.07) is 9.08. The van der Waals surface area contributed by atoms with E-state index in [0.717, 1.165) is 18.2 Å². The number of rotatable bonds is 4. The summed E-state index contributed by atoms with van der Waals surface area (Å²) in [5.74, 6) is 1.81. The van der Waals surface area contributed by atoms with Crippen LogP contribution in [0.2, 0.25) is 0 Å². The minimum atomic E-state index is 0.714. The van der Waals surface area contributed by atoms with E-state index in [4.69, 9.17) is 4.74 Å². The predicted molar refractivity (Wildman–Crippen MR) is 72.8 cm³/mol. The molecular formula is C15H22N2O. The molecule has 0 saturated carbocycles. The second kappa shape index (κ2) is 5.29. The van der Waals surface area contributed by atoms with Crippen molar-refractivity contribution in [2.45, 2.75) is 25.4 Å². The molecule has 0 amide bonds. The molecule has 1 aromatic carbocycles. The van der Waals surface area contributed by atoms with Gasteiger partial charge in [0.1, 0.15) is 5.75 Å². The average Bonchev–Trinajstić information content (AvgIpc) is 2.81. The second-order valence-corrected chi connectivity index (χ2v) is 5.47. The summed E-state index contributed by atoms with van der Waals surface area (Å²) in [6.07, 6.45) is 2.68. The number of hydrogen-bond donors (Lipinski definition) is 1. The van der Waals surface area contributed by atoms with Crippen molar-refractivity contribution in [3.63, 3.8) is 0 Å². The number of fused-ring (bicyclic) bond motifs is 2. The van der Waals surface area contributed by atoms with Crippen molar-refractivity contribution in [2.75, 3.05) is 26.7 Å². The van der Waals surface area contributed by atoms with Crippen molar-refractivity contribution in [3.8, 4) is 5.75 Å². The Morgan fingerprint density at radius 2 is 2.00 bits per heavy atom. The first kappa shape index (κ1) is 12.0. The molecule has 98 valence electrons. The Balaban J connectivity index is 1.53. The van der Waals surface area contributed by atoms with Gasteiger partial charge in [-0.1, -0.05) is 12.1 Å². The normalized spacial score (nSPS) is 30.4. The molecule has 2 heterocycles. The van der Waals surface area contributed by atoms with Crippen LogP contribution in [0.4, 0.5) is 0 Å². The molecular weight excluding hydrogens is 224 g/mol. The molecule has 3 rings (SSSR count). The van der Waals surface area contributed by atoms with E-state index in [1.807, 2.05) is 12.1 Å². The van der Waals surface area contributed by atoms with Crippen LogP contribution in [0.3, 0.4) is 0 Å². The number of piperidine rings is 1. The minimum absolute atomic E-state index is 0.714. The van der Waals surface area contributed by atoms with Crippen LogP contribution in [0.25, 0.3) is 0 Å². The highest BCUT2D eigenvalue weighted by molar-refractivity contribution is 5.27. The van der Waals surface area contributed by atoms with Gasteiger partial charge in [-0.3, -0.25) is 0 Å². The van der Waals surface area contributed by atoms with Crippen LogP contribution < -0.4 is 10.1 Å². The number of nitrogens with zero attached hydrogens (tertiary/aromatic N) is 1. The lowest BCUT2D eigenvalue weighted by molar-refractivity contribution is 0.220. The van der Waals surface area contributed by atoms with E-state index < -0.39 is 0 Å². The van der Waals surface area contributed by atoms with Crippen molar-refractivity contribution in [1.82, 2.24) is 10.2 Å². The first-order valence-electron chi connectivity index (χ1n) is 6.94. The van der Waals surface area contributed by atoms with Gasteiger partial charge in [-0.15, -0.1) is 0 Å². The van der Waals surface area contributed by atoms with Crippen LogP contribution in [0.15, 0.2) is 24.3 Å². The first-order valence-corrected chi connectivity index (χ1v) is 6.94. The third kappa shape index (κ3) is 2.52. The monoisotopic (exact) mass is 246 g/mol. The summed E-state index contributed by atoms with van der Waals surface area (Å²) < 4.78 is 5.18. The zero-order chi connectivity index (χ0) is 12.4. The van der Waals surface area contributed by atoms with E-state index >= 15 is 0 Å². The van der Waals surface area contributed by atoms with Crippen molar-refractivity contribution in [2.24, 2.45) is 5.92 Å². The van der Waals surface area contributed by atoms with E-state index in [1.54, 1.807) is 7.11 Å². The van der Waals surface area contributed by atoms with Crippen LogP contribution in [0.5, 0.6) is 5.75 Å². The zero-order valence-electron chi connectivity index (χ0n) is 11.1. The Labute approximate surface area is 109 Å². The van der Waals surface area contributed by atoms with Crippen LogP contribution in [-0.4, -0.2) is 37.7 Å². The molecule has 0 aromatic heterocycles. The van der Waals surface area contributed by atoms with E-state index in [-0.39, 0.29) is 0 Å². The van der Waals surface area contributed by atoms with E-state index in [0.29, 0.717) is 6.04 Å². The number of ether oxygens (including phenoxy) is 1. The summed E-state index contributed by atoms with van der Waals surface area (Å²) in [6.45, 7) is 4.87. The van der Waals surface area contributed by atoms with Gasteiger partial charge >= 0.3 is 0 Å². The van der Waals surface area contributed by atoms with Crippen molar-refractivity contribution in [1.29, 1.82) is 0 Å². The fourth-order valence-electron chi connectivity index (χ4n) is 3.21. The predicted octanol–water partition coefficient (Wildman–Crippen LogP) is 1.88. The van der Waals surface area contributed by atoms with E-state index in [1.165, 1.54) is 38.0 Å². The van der Waals surface area contributed by atoms with Gasteiger partial charge in [0.2, 0.25) is 0 Å². The molecule has 2 saturated heterocycles. The third-order valence-corrected chi connectivity index (χ3v) is 4.36. The maximum atomic E-state index is 5.18. The van der Waals surface area contributed by atoms with E-state index in [2.05, 4.69) is 22.3 Å². The van der Waals surface area contributed by atoms with Gasteiger partial charge in [0.05, 0.1) is 7.11 Å². The third-order valence-electron chi connectivity index (χ3n) is 4.36. The molecule has 0 aliphatic carbocycles. The molecule has 3 unspecified atom stereocenters. The Morgan fingerprint density at radius 3 is 2.78 bits per heavy atom. The maximum absolute atomic E-state index is 5.18. The Hall–Kier alpha value is -1.06. The van der Waals surface area contributed by atoms with Crippen LogP contribution in [0, 0.1) is 5.92 Å². The van der Waals surface area contributed by atoms with Gasteiger partial charge in [0.25, 0.3) is 0 Å². The summed E-state index contributed by atoms with van der Waals surface area (Å²) in [5, 5.41) is 3.74. The number of hydrogen-bond acceptors (Lipinski definition) is 3. The number of nitrogens with one attached hydrogen (secondary N) is 1. The van der Waals surface area contributed by atoms with Gasteiger partial charge in [-0.05, 0) is 49.5 Å². The highest BCUT2D eigenvalue weighted by atomic mass is 16.5. The molecule has 2 bridgehead atoms. The average molecular weight is 246 g/mol. The summed E-state index contributed by atoms with van der Waals surface area (Å²) in [5.41, 5.74) is 1.34. The summed E-state index contributed by atoms with van der Waals surface area (Å²) in [4.78, 5) is 2.59. The largest absolute Gasteiger partial charge is 0.497 e. The Kier molecular flexibility index (Phi) is 3.52. The molecule has 2 aliphatic heterocycles. The molecule has 3 nitrogen and oxygen atoms in total.